The fraction of sp³-hybridized carbons (Fsp3) is 0.138. The second-order valence-electron chi connectivity index (χ2n) is 8.42. The molecule has 0 bridgehead atoms. The third kappa shape index (κ3) is 5.18. The molecular formula is C29H23BrClNO3S. The highest BCUT2D eigenvalue weighted by Crippen LogP contribution is 2.44. The predicted octanol–water partition coefficient (Wildman–Crippen LogP) is 7.78. The standard InChI is InChI=1S/C29H23BrClNO3S/c30-20-13-12-19(16-33)27(14-20)36-28-18(6-5-11-26(28)31)15-32-29(34)35-17-25-23-9-3-1-7-21(23)22-8-2-4-10-24(22)25/h1-14,25,33H,15-17H2,(H,32,34). The van der Waals surface area contributed by atoms with E-state index >= 15 is 0 Å². The third-order valence-electron chi connectivity index (χ3n) is 6.23. The summed E-state index contributed by atoms with van der Waals surface area (Å²) in [6.45, 7) is 0.449. The summed E-state index contributed by atoms with van der Waals surface area (Å²) < 4.78 is 6.58. The van der Waals surface area contributed by atoms with Crippen molar-refractivity contribution < 1.29 is 14.6 Å². The number of carbonyl (C=O) groups excluding carboxylic acids is 1. The first kappa shape index (κ1) is 24.9. The molecule has 4 aromatic rings. The molecule has 4 nitrogen and oxygen atoms in total. The van der Waals surface area contributed by atoms with Gasteiger partial charge in [0.1, 0.15) is 6.61 Å². The van der Waals surface area contributed by atoms with Crippen LogP contribution in [0, 0.1) is 0 Å². The highest BCUT2D eigenvalue weighted by molar-refractivity contribution is 9.10. The lowest BCUT2D eigenvalue weighted by Crippen LogP contribution is -2.26. The van der Waals surface area contributed by atoms with Crippen LogP contribution in [0.25, 0.3) is 11.1 Å². The first-order valence-electron chi connectivity index (χ1n) is 11.5. The van der Waals surface area contributed by atoms with Gasteiger partial charge in [-0.15, -0.1) is 0 Å². The highest BCUT2D eigenvalue weighted by atomic mass is 79.9. The van der Waals surface area contributed by atoms with E-state index in [1.165, 1.54) is 34.0 Å². The molecule has 0 saturated heterocycles. The van der Waals surface area contributed by atoms with Gasteiger partial charge in [0.25, 0.3) is 0 Å². The Labute approximate surface area is 227 Å². The average Bonchev–Trinajstić information content (AvgIpc) is 3.21. The summed E-state index contributed by atoms with van der Waals surface area (Å²) in [6, 6.07) is 27.8. The van der Waals surface area contributed by atoms with Crippen LogP contribution in [0.15, 0.2) is 99.2 Å². The molecule has 182 valence electrons. The van der Waals surface area contributed by atoms with Gasteiger partial charge in [-0.3, -0.25) is 0 Å². The normalized spacial score (nSPS) is 12.2. The van der Waals surface area contributed by atoms with Gasteiger partial charge < -0.3 is 15.2 Å². The Hall–Kier alpha value is -2.77. The molecule has 0 unspecified atom stereocenters. The summed E-state index contributed by atoms with van der Waals surface area (Å²) in [5.74, 6) is 0.00821. The molecule has 0 atom stereocenters. The first-order chi connectivity index (χ1) is 17.5. The van der Waals surface area contributed by atoms with Gasteiger partial charge in [0.05, 0.1) is 11.6 Å². The van der Waals surface area contributed by atoms with Crippen molar-refractivity contribution in [1.82, 2.24) is 5.32 Å². The van der Waals surface area contributed by atoms with E-state index in [1.807, 2.05) is 60.7 Å². The second kappa shape index (κ2) is 11.1. The van der Waals surface area contributed by atoms with Gasteiger partial charge in [0.2, 0.25) is 0 Å². The summed E-state index contributed by atoms with van der Waals surface area (Å²) in [4.78, 5) is 14.4. The smallest absolute Gasteiger partial charge is 0.407 e. The van der Waals surface area contributed by atoms with Crippen LogP contribution in [0.3, 0.4) is 0 Å². The maximum absolute atomic E-state index is 12.7. The van der Waals surface area contributed by atoms with E-state index in [0.29, 0.717) is 5.02 Å². The van der Waals surface area contributed by atoms with Crippen LogP contribution < -0.4 is 5.32 Å². The Bertz CT molecular complexity index is 1380. The molecule has 2 N–H and O–H groups in total. The van der Waals surface area contributed by atoms with Crippen molar-refractivity contribution in [2.75, 3.05) is 6.61 Å². The number of alkyl carbamates (subject to hydrolysis) is 1. The number of fused-ring (bicyclic) bond motifs is 3. The van der Waals surface area contributed by atoms with E-state index in [4.69, 9.17) is 16.3 Å². The topological polar surface area (TPSA) is 58.6 Å². The average molecular weight is 581 g/mol. The second-order valence-corrected chi connectivity index (χ2v) is 10.8. The number of nitrogens with one attached hydrogen (secondary N) is 1. The maximum atomic E-state index is 12.7. The third-order valence-corrected chi connectivity index (χ3v) is 8.43. The summed E-state index contributed by atoms with van der Waals surface area (Å²) in [7, 11) is 0. The zero-order valence-electron chi connectivity index (χ0n) is 19.2. The summed E-state index contributed by atoms with van der Waals surface area (Å²) in [6.07, 6.45) is -0.480. The minimum atomic E-state index is -0.480. The number of amides is 1. The van der Waals surface area contributed by atoms with Crippen LogP contribution in [-0.2, 0) is 17.9 Å². The van der Waals surface area contributed by atoms with E-state index in [1.54, 1.807) is 0 Å². The lowest BCUT2D eigenvalue weighted by atomic mass is 9.98. The van der Waals surface area contributed by atoms with Crippen LogP contribution >= 0.6 is 39.3 Å². The fourth-order valence-electron chi connectivity index (χ4n) is 4.49. The van der Waals surface area contributed by atoms with Gasteiger partial charge in [-0.05, 0) is 51.6 Å². The van der Waals surface area contributed by atoms with Crippen molar-refractivity contribution in [2.45, 2.75) is 28.9 Å². The molecule has 7 heteroatoms. The minimum Gasteiger partial charge on any atom is -0.449 e. The Morgan fingerprint density at radius 2 is 1.64 bits per heavy atom. The monoisotopic (exact) mass is 579 g/mol. The molecule has 0 radical (unpaired) electrons. The van der Waals surface area contributed by atoms with Crippen LogP contribution in [0.4, 0.5) is 4.79 Å². The highest BCUT2D eigenvalue weighted by Gasteiger charge is 2.29. The zero-order chi connectivity index (χ0) is 25.1. The first-order valence-corrected chi connectivity index (χ1v) is 13.5. The van der Waals surface area contributed by atoms with E-state index in [9.17, 15) is 9.90 Å². The number of carbonyl (C=O) groups is 1. The summed E-state index contributed by atoms with van der Waals surface area (Å²) in [5, 5.41) is 13.2. The summed E-state index contributed by atoms with van der Waals surface area (Å²) in [5.41, 5.74) is 6.40. The lowest BCUT2D eigenvalue weighted by molar-refractivity contribution is 0.142. The van der Waals surface area contributed by atoms with Gasteiger partial charge in [-0.25, -0.2) is 4.79 Å². The fourth-order valence-corrected chi connectivity index (χ4v) is 6.42. The number of rotatable bonds is 7. The van der Waals surface area contributed by atoms with E-state index < -0.39 is 6.09 Å². The number of ether oxygens (including phenoxy) is 1. The maximum Gasteiger partial charge on any atom is 0.407 e. The SMILES string of the molecule is O=C(NCc1cccc(Cl)c1Sc1cc(Br)ccc1CO)OCC1c2ccccc2-c2ccccc21. The molecule has 0 saturated carbocycles. The zero-order valence-corrected chi connectivity index (χ0v) is 22.4. The Morgan fingerprint density at radius 1 is 0.944 bits per heavy atom. The molecule has 1 aliphatic carbocycles. The Morgan fingerprint density at radius 3 is 2.33 bits per heavy atom. The van der Waals surface area contributed by atoms with Crippen LogP contribution in [0.1, 0.15) is 28.2 Å². The largest absolute Gasteiger partial charge is 0.449 e. The quantitative estimate of drug-likeness (QED) is 0.234. The molecule has 0 fully saturated rings. The van der Waals surface area contributed by atoms with Gasteiger partial charge in [0, 0.05) is 26.7 Å². The van der Waals surface area contributed by atoms with E-state index in [2.05, 4.69) is 45.5 Å². The minimum absolute atomic E-state index is 0.00821. The molecule has 1 amide bonds. The van der Waals surface area contributed by atoms with E-state index in [0.717, 1.165) is 25.4 Å². The molecule has 0 aromatic heterocycles. The van der Waals surface area contributed by atoms with Crippen molar-refractivity contribution in [3.05, 3.63) is 117 Å². The lowest BCUT2D eigenvalue weighted by Gasteiger charge is -2.16. The number of hydrogen-bond acceptors (Lipinski definition) is 4. The molecule has 0 aliphatic heterocycles. The molecule has 1 aliphatic rings. The van der Waals surface area contributed by atoms with Gasteiger partial charge >= 0.3 is 6.09 Å². The predicted molar refractivity (Wildman–Crippen MR) is 148 cm³/mol. The summed E-state index contributed by atoms with van der Waals surface area (Å²) >= 11 is 11.5. The molecule has 4 aromatic carbocycles. The number of aliphatic hydroxyl groups excluding tert-OH is 1. The number of aliphatic hydroxyl groups is 1. The Balaban J connectivity index is 1.27. The number of halogens is 2. The number of hydrogen-bond donors (Lipinski definition) is 2. The van der Waals surface area contributed by atoms with Crippen molar-refractivity contribution >= 4 is 45.4 Å². The van der Waals surface area contributed by atoms with Crippen LogP contribution in [0.2, 0.25) is 5.02 Å². The Kier molecular flexibility index (Phi) is 7.67. The van der Waals surface area contributed by atoms with Crippen molar-refractivity contribution in [1.29, 1.82) is 0 Å². The molecule has 5 rings (SSSR count). The van der Waals surface area contributed by atoms with Gasteiger partial charge in [0.15, 0.2) is 0 Å². The molecule has 36 heavy (non-hydrogen) atoms. The molecule has 0 spiro atoms. The van der Waals surface area contributed by atoms with Crippen LogP contribution in [-0.4, -0.2) is 17.8 Å². The van der Waals surface area contributed by atoms with Crippen LogP contribution in [0.5, 0.6) is 0 Å². The van der Waals surface area contributed by atoms with Gasteiger partial charge in [-0.2, -0.15) is 0 Å². The van der Waals surface area contributed by atoms with Crippen molar-refractivity contribution in [3.63, 3.8) is 0 Å². The molecule has 0 heterocycles. The van der Waals surface area contributed by atoms with Crippen molar-refractivity contribution in [3.8, 4) is 11.1 Å². The van der Waals surface area contributed by atoms with Crippen molar-refractivity contribution in [2.24, 2.45) is 0 Å². The number of benzene rings is 4. The van der Waals surface area contributed by atoms with E-state index in [-0.39, 0.29) is 25.7 Å². The molecular weight excluding hydrogens is 558 g/mol. The van der Waals surface area contributed by atoms with Gasteiger partial charge in [-0.1, -0.05) is 106 Å².